The number of hydrogen-bond acceptors (Lipinski definition) is 4. The van der Waals surface area contributed by atoms with E-state index in [0.717, 1.165) is 27.6 Å². The van der Waals surface area contributed by atoms with Gasteiger partial charge < -0.3 is 15.2 Å². The van der Waals surface area contributed by atoms with Crippen molar-refractivity contribution in [3.63, 3.8) is 0 Å². The Labute approximate surface area is 145 Å². The quantitative estimate of drug-likeness (QED) is 0.770. The average molecular weight is 328 g/mol. The van der Waals surface area contributed by atoms with Crippen LogP contribution in [0.4, 0.5) is 0 Å². The minimum absolute atomic E-state index is 0.158. The van der Waals surface area contributed by atoms with Gasteiger partial charge >= 0.3 is 0 Å². The van der Waals surface area contributed by atoms with Gasteiger partial charge in [0.1, 0.15) is 23.1 Å². The summed E-state index contributed by atoms with van der Waals surface area (Å²) in [5.74, 6) is 1.34. The first kappa shape index (κ1) is 15.1. The third-order valence-electron chi connectivity index (χ3n) is 4.56. The SMILES string of the molecule is COc1ccc([C@@H]2C(C#N)=C(N)Oc3ccc4ccccc4c32)cc1. The number of fused-ring (bicyclic) bond motifs is 3. The number of nitrogens with two attached hydrogens (primary N) is 1. The van der Waals surface area contributed by atoms with Crippen LogP contribution in [0.5, 0.6) is 11.5 Å². The van der Waals surface area contributed by atoms with Crippen molar-refractivity contribution < 1.29 is 9.47 Å². The van der Waals surface area contributed by atoms with Crippen molar-refractivity contribution >= 4 is 10.8 Å². The first-order chi connectivity index (χ1) is 12.2. The van der Waals surface area contributed by atoms with Crippen molar-refractivity contribution in [3.8, 4) is 17.6 Å². The molecule has 1 heterocycles. The summed E-state index contributed by atoms with van der Waals surface area (Å²) in [5, 5.41) is 11.9. The van der Waals surface area contributed by atoms with Gasteiger partial charge in [-0.2, -0.15) is 5.26 Å². The number of hydrogen-bond donors (Lipinski definition) is 1. The zero-order valence-electron chi connectivity index (χ0n) is 13.7. The molecule has 2 N–H and O–H groups in total. The Balaban J connectivity index is 2.00. The summed E-state index contributed by atoms with van der Waals surface area (Å²) in [6, 6.07) is 21.9. The normalized spacial score (nSPS) is 16.1. The van der Waals surface area contributed by atoms with E-state index in [2.05, 4.69) is 12.1 Å². The molecule has 1 atom stereocenters. The molecule has 4 heteroatoms. The number of rotatable bonds is 2. The largest absolute Gasteiger partial charge is 0.497 e. The van der Waals surface area contributed by atoms with E-state index in [9.17, 15) is 5.26 Å². The molecule has 0 spiro atoms. The van der Waals surface area contributed by atoms with Gasteiger partial charge in [0.05, 0.1) is 13.0 Å². The smallest absolute Gasteiger partial charge is 0.205 e. The molecule has 0 aromatic heterocycles. The van der Waals surface area contributed by atoms with E-state index in [4.69, 9.17) is 15.2 Å². The summed E-state index contributed by atoms with van der Waals surface area (Å²) in [6.07, 6.45) is 0. The fraction of sp³-hybridized carbons (Fsp3) is 0.0952. The average Bonchev–Trinajstić information content (AvgIpc) is 2.66. The van der Waals surface area contributed by atoms with E-state index >= 15 is 0 Å². The van der Waals surface area contributed by atoms with Gasteiger partial charge in [-0.05, 0) is 34.5 Å². The van der Waals surface area contributed by atoms with Crippen molar-refractivity contribution in [2.24, 2.45) is 5.73 Å². The molecule has 122 valence electrons. The summed E-state index contributed by atoms with van der Waals surface area (Å²) in [7, 11) is 1.63. The van der Waals surface area contributed by atoms with Crippen molar-refractivity contribution in [1.82, 2.24) is 0 Å². The summed E-state index contributed by atoms with van der Waals surface area (Å²) in [4.78, 5) is 0. The van der Waals surface area contributed by atoms with E-state index < -0.39 is 0 Å². The van der Waals surface area contributed by atoms with Crippen molar-refractivity contribution in [2.45, 2.75) is 5.92 Å². The first-order valence-corrected chi connectivity index (χ1v) is 7.96. The summed E-state index contributed by atoms with van der Waals surface area (Å²) in [6.45, 7) is 0. The van der Waals surface area contributed by atoms with Crippen LogP contribution in [0, 0.1) is 11.3 Å². The standard InChI is InChI=1S/C21H16N2O2/c1-24-15-9-6-14(7-10-15)19-17(12-22)21(23)25-18-11-8-13-4-2-3-5-16(13)20(18)19/h2-11,19H,23H2,1H3/t19-/m1/s1. The number of allylic oxidation sites excluding steroid dienone is 1. The highest BCUT2D eigenvalue weighted by Crippen LogP contribution is 2.45. The predicted octanol–water partition coefficient (Wildman–Crippen LogP) is 4.07. The number of nitriles is 1. The molecule has 25 heavy (non-hydrogen) atoms. The molecule has 0 bridgehead atoms. The molecule has 0 saturated carbocycles. The van der Waals surface area contributed by atoms with Crippen LogP contribution in [-0.2, 0) is 0 Å². The summed E-state index contributed by atoms with van der Waals surface area (Å²) < 4.78 is 11.0. The number of methoxy groups -OCH3 is 1. The molecule has 0 unspecified atom stereocenters. The first-order valence-electron chi connectivity index (χ1n) is 7.96. The Kier molecular flexibility index (Phi) is 3.55. The maximum absolute atomic E-state index is 9.70. The molecule has 3 aromatic rings. The van der Waals surface area contributed by atoms with Gasteiger partial charge in [0.2, 0.25) is 5.88 Å². The molecule has 0 saturated heterocycles. The van der Waals surface area contributed by atoms with Crippen LogP contribution < -0.4 is 15.2 Å². The van der Waals surface area contributed by atoms with E-state index in [0.29, 0.717) is 11.3 Å². The fourth-order valence-electron chi connectivity index (χ4n) is 3.37. The maximum Gasteiger partial charge on any atom is 0.205 e. The highest BCUT2D eigenvalue weighted by atomic mass is 16.5. The molecule has 4 rings (SSSR count). The van der Waals surface area contributed by atoms with E-state index in [1.165, 1.54) is 0 Å². The van der Waals surface area contributed by atoms with Gasteiger partial charge in [-0.3, -0.25) is 0 Å². The molecular formula is C21H16N2O2. The molecule has 3 aromatic carbocycles. The van der Waals surface area contributed by atoms with Crippen LogP contribution in [0.25, 0.3) is 10.8 Å². The molecular weight excluding hydrogens is 312 g/mol. The highest BCUT2D eigenvalue weighted by molar-refractivity contribution is 5.90. The fourth-order valence-corrected chi connectivity index (χ4v) is 3.37. The molecule has 0 fully saturated rings. The molecule has 1 aliphatic heterocycles. The van der Waals surface area contributed by atoms with Crippen LogP contribution in [0.3, 0.4) is 0 Å². The number of nitrogens with zero attached hydrogens (tertiary/aromatic N) is 1. The Hall–Kier alpha value is -3.45. The van der Waals surface area contributed by atoms with Crippen molar-refractivity contribution in [3.05, 3.63) is 83.2 Å². The third-order valence-corrected chi connectivity index (χ3v) is 4.56. The second-order valence-electron chi connectivity index (χ2n) is 5.90. The second kappa shape index (κ2) is 5.88. The van der Waals surface area contributed by atoms with Gasteiger partial charge in [-0.25, -0.2) is 0 Å². The zero-order chi connectivity index (χ0) is 17.4. The maximum atomic E-state index is 9.70. The second-order valence-corrected chi connectivity index (χ2v) is 5.90. The molecule has 0 amide bonds. The Morgan fingerprint density at radius 1 is 1.04 bits per heavy atom. The lowest BCUT2D eigenvalue weighted by molar-refractivity contribution is 0.395. The van der Waals surface area contributed by atoms with Crippen molar-refractivity contribution in [2.75, 3.05) is 7.11 Å². The van der Waals surface area contributed by atoms with Crippen LogP contribution in [0.1, 0.15) is 17.0 Å². The molecule has 4 nitrogen and oxygen atoms in total. The molecule has 0 aliphatic carbocycles. The lowest BCUT2D eigenvalue weighted by Gasteiger charge is -2.28. The van der Waals surface area contributed by atoms with E-state index in [1.54, 1.807) is 7.11 Å². The van der Waals surface area contributed by atoms with Crippen LogP contribution in [0.15, 0.2) is 72.1 Å². The van der Waals surface area contributed by atoms with Gasteiger partial charge in [0.15, 0.2) is 0 Å². The molecule has 0 radical (unpaired) electrons. The minimum Gasteiger partial charge on any atom is -0.497 e. The number of benzene rings is 3. The van der Waals surface area contributed by atoms with Crippen molar-refractivity contribution in [1.29, 1.82) is 5.26 Å². The van der Waals surface area contributed by atoms with Gasteiger partial charge in [-0.15, -0.1) is 0 Å². The zero-order valence-corrected chi connectivity index (χ0v) is 13.7. The molecule has 1 aliphatic rings. The monoisotopic (exact) mass is 328 g/mol. The van der Waals surface area contributed by atoms with Crippen LogP contribution >= 0.6 is 0 Å². The van der Waals surface area contributed by atoms with Crippen LogP contribution in [0.2, 0.25) is 0 Å². The summed E-state index contributed by atoms with van der Waals surface area (Å²) >= 11 is 0. The lowest BCUT2D eigenvalue weighted by atomic mass is 9.81. The Bertz CT molecular complexity index is 1030. The van der Waals surface area contributed by atoms with E-state index in [-0.39, 0.29) is 11.8 Å². The predicted molar refractivity (Wildman–Crippen MR) is 96.2 cm³/mol. The lowest BCUT2D eigenvalue weighted by Crippen LogP contribution is -2.21. The summed E-state index contributed by atoms with van der Waals surface area (Å²) in [5.41, 5.74) is 8.41. The number of ether oxygens (including phenoxy) is 2. The van der Waals surface area contributed by atoms with Gasteiger partial charge in [0, 0.05) is 5.56 Å². The van der Waals surface area contributed by atoms with Gasteiger partial charge in [-0.1, -0.05) is 42.5 Å². The van der Waals surface area contributed by atoms with Gasteiger partial charge in [0.25, 0.3) is 0 Å². The Morgan fingerprint density at radius 3 is 2.52 bits per heavy atom. The highest BCUT2D eigenvalue weighted by Gasteiger charge is 2.32. The minimum atomic E-state index is -0.272. The topological polar surface area (TPSA) is 68.3 Å². The Morgan fingerprint density at radius 2 is 1.80 bits per heavy atom. The third kappa shape index (κ3) is 2.38. The van der Waals surface area contributed by atoms with Crippen LogP contribution in [-0.4, -0.2) is 7.11 Å². The van der Waals surface area contributed by atoms with E-state index in [1.807, 2.05) is 54.6 Å².